The molecule has 2 aliphatic rings. The van der Waals surface area contributed by atoms with Crippen LogP contribution >= 0.6 is 0 Å². The van der Waals surface area contributed by atoms with Crippen molar-refractivity contribution in [1.29, 1.82) is 0 Å². The number of ether oxygens (including phenoxy) is 1. The summed E-state index contributed by atoms with van der Waals surface area (Å²) < 4.78 is 5.03. The Morgan fingerprint density at radius 2 is 2.13 bits per heavy atom. The molecule has 2 rings (SSSR count). The summed E-state index contributed by atoms with van der Waals surface area (Å²) >= 11 is 0. The largest absolute Gasteiger partial charge is 0.385 e. The van der Waals surface area contributed by atoms with Gasteiger partial charge in [-0.05, 0) is 62.9 Å². The van der Waals surface area contributed by atoms with E-state index in [9.17, 15) is 0 Å². The molecule has 0 spiro atoms. The van der Waals surface area contributed by atoms with E-state index in [1.165, 1.54) is 51.6 Å². The Bertz CT molecular complexity index is 183. The SMILES string of the molecule is COCCCCNCC1CC2CCC1C2. The zero-order valence-electron chi connectivity index (χ0n) is 10.0. The predicted molar refractivity (Wildman–Crippen MR) is 62.9 cm³/mol. The lowest BCUT2D eigenvalue weighted by Crippen LogP contribution is -2.27. The average molecular weight is 211 g/mol. The fourth-order valence-electron chi connectivity index (χ4n) is 3.41. The molecule has 0 amide bonds. The minimum atomic E-state index is 0.913. The second-order valence-corrected chi connectivity index (χ2v) is 5.34. The average Bonchev–Trinajstić information content (AvgIpc) is 2.85. The zero-order valence-corrected chi connectivity index (χ0v) is 10.0. The van der Waals surface area contributed by atoms with Gasteiger partial charge in [0, 0.05) is 13.7 Å². The Morgan fingerprint density at radius 3 is 2.80 bits per heavy atom. The first-order valence-corrected chi connectivity index (χ1v) is 6.60. The van der Waals surface area contributed by atoms with Crippen LogP contribution in [0.1, 0.15) is 38.5 Å². The summed E-state index contributed by atoms with van der Waals surface area (Å²) in [5, 5.41) is 3.62. The van der Waals surface area contributed by atoms with Crippen molar-refractivity contribution in [3.05, 3.63) is 0 Å². The molecule has 2 aliphatic carbocycles. The van der Waals surface area contributed by atoms with Gasteiger partial charge in [-0.3, -0.25) is 0 Å². The fraction of sp³-hybridized carbons (Fsp3) is 1.00. The van der Waals surface area contributed by atoms with Crippen LogP contribution in [-0.2, 0) is 4.74 Å². The third kappa shape index (κ3) is 3.18. The van der Waals surface area contributed by atoms with Crippen LogP contribution in [0.25, 0.3) is 0 Å². The number of hydrogen-bond acceptors (Lipinski definition) is 2. The lowest BCUT2D eigenvalue weighted by atomic mass is 9.89. The third-order valence-corrected chi connectivity index (χ3v) is 4.24. The van der Waals surface area contributed by atoms with E-state index in [0.29, 0.717) is 0 Å². The fourth-order valence-corrected chi connectivity index (χ4v) is 3.41. The van der Waals surface area contributed by atoms with E-state index in [0.717, 1.165) is 24.4 Å². The molecule has 0 aromatic heterocycles. The lowest BCUT2D eigenvalue weighted by molar-refractivity contribution is 0.192. The molecule has 0 saturated heterocycles. The predicted octanol–water partition coefficient (Wildman–Crippen LogP) is 2.44. The maximum absolute atomic E-state index is 5.03. The number of unbranched alkanes of at least 4 members (excludes halogenated alkanes) is 1. The summed E-state index contributed by atoms with van der Waals surface area (Å²) in [5.41, 5.74) is 0. The van der Waals surface area contributed by atoms with E-state index in [2.05, 4.69) is 5.32 Å². The summed E-state index contributed by atoms with van der Waals surface area (Å²) in [6, 6.07) is 0. The molecule has 88 valence electrons. The molecule has 3 atom stereocenters. The van der Waals surface area contributed by atoms with E-state index in [4.69, 9.17) is 4.74 Å². The van der Waals surface area contributed by atoms with E-state index in [-0.39, 0.29) is 0 Å². The van der Waals surface area contributed by atoms with Gasteiger partial charge in [-0.15, -0.1) is 0 Å². The molecule has 0 aromatic carbocycles. The van der Waals surface area contributed by atoms with Crippen LogP contribution in [0.5, 0.6) is 0 Å². The van der Waals surface area contributed by atoms with Crippen molar-refractivity contribution >= 4 is 0 Å². The third-order valence-electron chi connectivity index (χ3n) is 4.24. The summed E-state index contributed by atoms with van der Waals surface area (Å²) in [7, 11) is 1.78. The van der Waals surface area contributed by atoms with Gasteiger partial charge >= 0.3 is 0 Å². The van der Waals surface area contributed by atoms with Gasteiger partial charge in [0.15, 0.2) is 0 Å². The van der Waals surface area contributed by atoms with Gasteiger partial charge in [0.1, 0.15) is 0 Å². The number of nitrogens with one attached hydrogen (secondary N) is 1. The molecule has 2 fully saturated rings. The molecular weight excluding hydrogens is 186 g/mol. The zero-order chi connectivity index (χ0) is 10.5. The topological polar surface area (TPSA) is 21.3 Å². The van der Waals surface area contributed by atoms with Crippen LogP contribution < -0.4 is 5.32 Å². The van der Waals surface area contributed by atoms with Crippen molar-refractivity contribution in [3.63, 3.8) is 0 Å². The summed E-state index contributed by atoms with van der Waals surface area (Å²) in [4.78, 5) is 0. The second kappa shape index (κ2) is 5.86. The Balaban J connectivity index is 1.48. The highest BCUT2D eigenvalue weighted by molar-refractivity contribution is 4.90. The quantitative estimate of drug-likeness (QED) is 0.653. The molecule has 2 heteroatoms. The number of methoxy groups -OCH3 is 1. The number of hydrogen-bond donors (Lipinski definition) is 1. The van der Waals surface area contributed by atoms with Gasteiger partial charge in [0.05, 0.1) is 0 Å². The molecule has 0 radical (unpaired) electrons. The Labute approximate surface area is 93.8 Å². The Hall–Kier alpha value is -0.0800. The first-order valence-electron chi connectivity index (χ1n) is 6.60. The number of fused-ring (bicyclic) bond motifs is 2. The second-order valence-electron chi connectivity index (χ2n) is 5.34. The van der Waals surface area contributed by atoms with Crippen molar-refractivity contribution in [3.8, 4) is 0 Å². The van der Waals surface area contributed by atoms with E-state index < -0.39 is 0 Å². The van der Waals surface area contributed by atoms with E-state index >= 15 is 0 Å². The maximum atomic E-state index is 5.03. The first-order chi connectivity index (χ1) is 7.40. The van der Waals surface area contributed by atoms with Crippen LogP contribution in [0, 0.1) is 17.8 Å². The van der Waals surface area contributed by atoms with Crippen molar-refractivity contribution in [2.75, 3.05) is 26.8 Å². The minimum absolute atomic E-state index is 0.913. The highest BCUT2D eigenvalue weighted by atomic mass is 16.5. The standard InChI is InChI=1S/C13H25NO/c1-15-7-3-2-6-14-10-13-9-11-4-5-12(13)8-11/h11-14H,2-10H2,1H3. The van der Waals surface area contributed by atoms with Crippen LogP contribution in [0.3, 0.4) is 0 Å². The summed E-state index contributed by atoms with van der Waals surface area (Å²) in [6.45, 7) is 3.36. The van der Waals surface area contributed by atoms with Gasteiger partial charge in [-0.2, -0.15) is 0 Å². The van der Waals surface area contributed by atoms with Gasteiger partial charge in [-0.25, -0.2) is 0 Å². The van der Waals surface area contributed by atoms with Crippen LogP contribution in [0.2, 0.25) is 0 Å². The van der Waals surface area contributed by atoms with Gasteiger partial charge in [-0.1, -0.05) is 6.42 Å². The molecular formula is C13H25NO. The van der Waals surface area contributed by atoms with Crippen LogP contribution in [0.4, 0.5) is 0 Å². The van der Waals surface area contributed by atoms with Gasteiger partial charge in [0.2, 0.25) is 0 Å². The summed E-state index contributed by atoms with van der Waals surface area (Å²) in [6.07, 6.45) is 8.54. The highest BCUT2D eigenvalue weighted by Crippen LogP contribution is 2.47. The molecule has 0 heterocycles. The van der Waals surface area contributed by atoms with Crippen LogP contribution in [0.15, 0.2) is 0 Å². The van der Waals surface area contributed by atoms with Crippen LogP contribution in [-0.4, -0.2) is 26.8 Å². The highest BCUT2D eigenvalue weighted by Gasteiger charge is 2.38. The van der Waals surface area contributed by atoms with Crippen molar-refractivity contribution in [2.24, 2.45) is 17.8 Å². The van der Waals surface area contributed by atoms with Gasteiger partial charge < -0.3 is 10.1 Å². The van der Waals surface area contributed by atoms with Crippen molar-refractivity contribution in [1.82, 2.24) is 5.32 Å². The smallest absolute Gasteiger partial charge is 0.0462 e. The molecule has 3 unspecified atom stereocenters. The van der Waals surface area contributed by atoms with E-state index in [1.54, 1.807) is 7.11 Å². The first kappa shape index (κ1) is 11.4. The van der Waals surface area contributed by atoms with Crippen molar-refractivity contribution in [2.45, 2.75) is 38.5 Å². The monoisotopic (exact) mass is 211 g/mol. The normalized spacial score (nSPS) is 33.8. The molecule has 0 aliphatic heterocycles. The minimum Gasteiger partial charge on any atom is -0.385 e. The maximum Gasteiger partial charge on any atom is 0.0462 e. The lowest BCUT2D eigenvalue weighted by Gasteiger charge is -2.21. The van der Waals surface area contributed by atoms with Gasteiger partial charge in [0.25, 0.3) is 0 Å². The van der Waals surface area contributed by atoms with E-state index in [1.807, 2.05) is 0 Å². The molecule has 15 heavy (non-hydrogen) atoms. The Kier molecular flexibility index (Phi) is 4.45. The molecule has 1 N–H and O–H groups in total. The molecule has 0 aromatic rings. The molecule has 2 nitrogen and oxygen atoms in total. The molecule has 2 bridgehead atoms. The number of rotatable bonds is 7. The Morgan fingerprint density at radius 1 is 1.20 bits per heavy atom. The summed E-state index contributed by atoms with van der Waals surface area (Å²) in [5.74, 6) is 3.17. The van der Waals surface area contributed by atoms with Crippen molar-refractivity contribution < 1.29 is 4.74 Å². The molecule has 2 saturated carbocycles.